The summed E-state index contributed by atoms with van der Waals surface area (Å²) in [5.74, 6) is 0.734. The molecule has 1 amide bonds. The predicted molar refractivity (Wildman–Crippen MR) is 90.6 cm³/mol. The number of rotatable bonds is 5. The van der Waals surface area contributed by atoms with Crippen molar-refractivity contribution in [3.8, 4) is 0 Å². The molecule has 0 radical (unpaired) electrons. The highest BCUT2D eigenvalue weighted by Crippen LogP contribution is 2.06. The van der Waals surface area contributed by atoms with E-state index in [1.165, 1.54) is 6.26 Å². The number of nitrogens with one attached hydrogen (secondary N) is 2. The maximum absolute atomic E-state index is 11.9. The van der Waals surface area contributed by atoms with Crippen LogP contribution in [0, 0.1) is 0 Å². The van der Waals surface area contributed by atoms with Crippen LogP contribution in [0.3, 0.4) is 0 Å². The summed E-state index contributed by atoms with van der Waals surface area (Å²) in [6, 6.07) is 1.77. The summed E-state index contributed by atoms with van der Waals surface area (Å²) in [4.78, 5) is 18.2. The lowest BCUT2D eigenvalue weighted by atomic mass is 10.4. The van der Waals surface area contributed by atoms with Crippen LogP contribution in [0.15, 0.2) is 21.8 Å². The number of hydrogen-bond donors (Lipinski definition) is 2. The Labute approximate surface area is 141 Å². The van der Waals surface area contributed by atoms with E-state index in [9.17, 15) is 4.79 Å². The molecule has 0 bridgehead atoms. The number of guanidine groups is 1. The van der Waals surface area contributed by atoms with E-state index in [0.717, 1.165) is 38.2 Å². The van der Waals surface area contributed by atoms with Crippen LogP contribution in [-0.2, 0) is 11.3 Å². The second-order valence-electron chi connectivity index (χ2n) is 4.63. The zero-order chi connectivity index (χ0) is 14.2. The SMILES string of the molecule is CCNC(=NCc1ccon1)NCC(=O)N1CCCC1.I. The van der Waals surface area contributed by atoms with E-state index in [4.69, 9.17) is 4.52 Å². The molecule has 2 rings (SSSR count). The number of hydrogen-bond acceptors (Lipinski definition) is 4. The van der Waals surface area contributed by atoms with Crippen LogP contribution in [0.4, 0.5) is 0 Å². The number of amides is 1. The molecule has 0 atom stereocenters. The second kappa shape index (κ2) is 9.59. The summed E-state index contributed by atoms with van der Waals surface area (Å²) in [5, 5.41) is 9.94. The van der Waals surface area contributed by atoms with Gasteiger partial charge in [0.15, 0.2) is 5.96 Å². The average Bonchev–Trinajstić information content (AvgIpc) is 3.13. The standard InChI is InChI=1S/C13H21N5O2.HI/c1-2-14-13(15-9-11-5-8-20-17-11)16-10-12(19)18-6-3-4-7-18;/h5,8H,2-4,6-7,9-10H2,1H3,(H2,14,15,16);1H. The van der Waals surface area contributed by atoms with E-state index in [-0.39, 0.29) is 36.4 Å². The molecule has 1 aliphatic heterocycles. The van der Waals surface area contributed by atoms with Gasteiger partial charge in [-0.25, -0.2) is 4.99 Å². The first-order chi connectivity index (χ1) is 9.79. The van der Waals surface area contributed by atoms with Gasteiger partial charge in [0, 0.05) is 25.7 Å². The molecule has 2 heterocycles. The highest BCUT2D eigenvalue weighted by Gasteiger charge is 2.17. The third-order valence-corrected chi connectivity index (χ3v) is 3.10. The highest BCUT2D eigenvalue weighted by molar-refractivity contribution is 14.0. The Kier molecular flexibility index (Phi) is 8.09. The first-order valence-corrected chi connectivity index (χ1v) is 6.99. The first-order valence-electron chi connectivity index (χ1n) is 6.99. The van der Waals surface area contributed by atoms with E-state index in [1.807, 2.05) is 11.8 Å². The minimum Gasteiger partial charge on any atom is -0.364 e. The van der Waals surface area contributed by atoms with Crippen LogP contribution < -0.4 is 10.6 Å². The molecule has 21 heavy (non-hydrogen) atoms. The molecule has 0 aliphatic carbocycles. The number of aliphatic imine (C=N–C) groups is 1. The van der Waals surface area contributed by atoms with Crippen molar-refractivity contribution in [1.29, 1.82) is 0 Å². The van der Waals surface area contributed by atoms with Crippen molar-refractivity contribution in [2.45, 2.75) is 26.3 Å². The maximum atomic E-state index is 11.9. The molecule has 1 aromatic rings. The third kappa shape index (κ3) is 5.90. The molecule has 8 heteroatoms. The van der Waals surface area contributed by atoms with Gasteiger partial charge < -0.3 is 20.1 Å². The molecule has 0 spiro atoms. The molecule has 0 aromatic carbocycles. The van der Waals surface area contributed by atoms with E-state index in [1.54, 1.807) is 6.07 Å². The van der Waals surface area contributed by atoms with Gasteiger partial charge in [-0.05, 0) is 19.8 Å². The zero-order valence-corrected chi connectivity index (χ0v) is 14.5. The van der Waals surface area contributed by atoms with Crippen LogP contribution in [0.2, 0.25) is 0 Å². The quantitative estimate of drug-likeness (QED) is 0.432. The van der Waals surface area contributed by atoms with Crippen molar-refractivity contribution >= 4 is 35.8 Å². The molecule has 1 aromatic heterocycles. The molecule has 0 unspecified atom stereocenters. The van der Waals surface area contributed by atoms with Gasteiger partial charge in [-0.3, -0.25) is 4.79 Å². The van der Waals surface area contributed by atoms with Crippen molar-refractivity contribution in [3.05, 3.63) is 18.0 Å². The Morgan fingerprint density at radius 3 is 2.81 bits per heavy atom. The number of carbonyl (C=O) groups is 1. The van der Waals surface area contributed by atoms with Gasteiger partial charge >= 0.3 is 0 Å². The Morgan fingerprint density at radius 1 is 1.43 bits per heavy atom. The summed E-state index contributed by atoms with van der Waals surface area (Å²) in [6.07, 6.45) is 3.72. The van der Waals surface area contributed by atoms with Crippen LogP contribution in [0.5, 0.6) is 0 Å². The van der Waals surface area contributed by atoms with Crippen LogP contribution in [0.1, 0.15) is 25.5 Å². The first kappa shape index (κ1) is 17.7. The normalized spacial score (nSPS) is 14.7. The minimum atomic E-state index is 0. The molecular weight excluding hydrogens is 385 g/mol. The molecule has 0 saturated carbocycles. The van der Waals surface area contributed by atoms with E-state index in [0.29, 0.717) is 12.5 Å². The average molecular weight is 407 g/mol. The fourth-order valence-corrected chi connectivity index (χ4v) is 2.06. The molecule has 1 aliphatic rings. The lowest BCUT2D eigenvalue weighted by molar-refractivity contribution is -0.128. The van der Waals surface area contributed by atoms with Crippen molar-refractivity contribution in [1.82, 2.24) is 20.7 Å². The van der Waals surface area contributed by atoms with Gasteiger partial charge in [-0.1, -0.05) is 5.16 Å². The van der Waals surface area contributed by atoms with E-state index < -0.39 is 0 Å². The lowest BCUT2D eigenvalue weighted by Gasteiger charge is -2.17. The molecule has 1 fully saturated rings. The zero-order valence-electron chi connectivity index (χ0n) is 12.2. The number of carbonyl (C=O) groups excluding carboxylic acids is 1. The molecular formula is C13H22IN5O2. The van der Waals surface area contributed by atoms with Crippen molar-refractivity contribution in [2.75, 3.05) is 26.2 Å². The summed E-state index contributed by atoms with van der Waals surface area (Å²) >= 11 is 0. The van der Waals surface area contributed by atoms with Crippen LogP contribution in [0.25, 0.3) is 0 Å². The monoisotopic (exact) mass is 407 g/mol. The number of likely N-dealkylation sites (tertiary alicyclic amines) is 1. The van der Waals surface area contributed by atoms with Crippen LogP contribution in [-0.4, -0.2) is 48.1 Å². The summed E-state index contributed by atoms with van der Waals surface area (Å²) in [5.41, 5.74) is 0.757. The maximum Gasteiger partial charge on any atom is 0.241 e. The molecule has 2 N–H and O–H groups in total. The predicted octanol–water partition coefficient (Wildman–Crippen LogP) is 0.970. The molecule has 1 saturated heterocycles. The van der Waals surface area contributed by atoms with Gasteiger partial charge in [0.1, 0.15) is 12.0 Å². The Morgan fingerprint density at radius 2 is 2.19 bits per heavy atom. The second-order valence-corrected chi connectivity index (χ2v) is 4.63. The van der Waals surface area contributed by atoms with Crippen molar-refractivity contribution < 1.29 is 9.32 Å². The fourth-order valence-electron chi connectivity index (χ4n) is 2.06. The third-order valence-electron chi connectivity index (χ3n) is 3.10. The smallest absolute Gasteiger partial charge is 0.241 e. The van der Waals surface area contributed by atoms with Gasteiger partial charge in [-0.2, -0.15) is 0 Å². The van der Waals surface area contributed by atoms with Crippen molar-refractivity contribution in [2.24, 2.45) is 4.99 Å². The van der Waals surface area contributed by atoms with Crippen molar-refractivity contribution in [3.63, 3.8) is 0 Å². The highest BCUT2D eigenvalue weighted by atomic mass is 127. The Bertz CT molecular complexity index is 443. The number of halogens is 1. The van der Waals surface area contributed by atoms with Crippen LogP contribution >= 0.6 is 24.0 Å². The lowest BCUT2D eigenvalue weighted by Crippen LogP contribution is -2.44. The van der Waals surface area contributed by atoms with Gasteiger partial charge in [0.05, 0.1) is 13.1 Å². The fraction of sp³-hybridized carbons (Fsp3) is 0.615. The topological polar surface area (TPSA) is 82.8 Å². The van der Waals surface area contributed by atoms with E-state index in [2.05, 4.69) is 20.8 Å². The Balaban J connectivity index is 0.00000220. The summed E-state index contributed by atoms with van der Waals surface area (Å²) in [7, 11) is 0. The Hall–Kier alpha value is -1.32. The van der Waals surface area contributed by atoms with Gasteiger partial charge in [-0.15, -0.1) is 24.0 Å². The molecule has 118 valence electrons. The van der Waals surface area contributed by atoms with Gasteiger partial charge in [0.2, 0.25) is 5.91 Å². The molecule has 7 nitrogen and oxygen atoms in total. The van der Waals surface area contributed by atoms with E-state index >= 15 is 0 Å². The summed E-state index contributed by atoms with van der Waals surface area (Å²) in [6.45, 7) is 5.15. The number of aromatic nitrogens is 1. The number of nitrogens with zero attached hydrogens (tertiary/aromatic N) is 3. The largest absolute Gasteiger partial charge is 0.364 e. The minimum absolute atomic E-state index is 0. The van der Waals surface area contributed by atoms with Gasteiger partial charge in [0.25, 0.3) is 0 Å². The summed E-state index contributed by atoms with van der Waals surface area (Å²) < 4.78 is 4.75.